The molecule has 0 aromatic heterocycles. The largest absolute Gasteiger partial charge is 0.394 e. The first-order chi connectivity index (χ1) is 8.45. The summed E-state index contributed by atoms with van der Waals surface area (Å²) in [5.41, 5.74) is 0. The van der Waals surface area contributed by atoms with Gasteiger partial charge >= 0.3 is 0 Å². The van der Waals surface area contributed by atoms with Gasteiger partial charge in [0.2, 0.25) is 5.91 Å². The summed E-state index contributed by atoms with van der Waals surface area (Å²) in [6.45, 7) is 1.06. The van der Waals surface area contributed by atoms with Crippen molar-refractivity contribution in [2.75, 3.05) is 6.61 Å². The first-order valence-corrected chi connectivity index (χ1v) is 6.55. The number of amidine groups is 1. The van der Waals surface area contributed by atoms with Crippen LogP contribution in [0.25, 0.3) is 0 Å². The quantitative estimate of drug-likeness (QED) is 0.379. The van der Waals surface area contributed by atoms with Gasteiger partial charge in [-0.2, -0.15) is 0 Å². The maximum Gasteiger partial charge on any atom is 0.240 e. The Labute approximate surface area is 108 Å². The molecule has 0 aromatic carbocycles. The van der Waals surface area contributed by atoms with E-state index in [2.05, 4.69) is 10.3 Å². The van der Waals surface area contributed by atoms with E-state index >= 15 is 0 Å². The van der Waals surface area contributed by atoms with E-state index in [1.165, 1.54) is 0 Å². The fourth-order valence-electron chi connectivity index (χ4n) is 2.19. The molecule has 0 aliphatic carbocycles. The fourth-order valence-corrected chi connectivity index (χ4v) is 3.69. The Morgan fingerprint density at radius 3 is 2.72 bits per heavy atom. The maximum absolute atomic E-state index is 11.8. The number of aliphatic hydroxyl groups excluding tert-OH is 4. The highest BCUT2D eigenvalue weighted by Crippen LogP contribution is 2.37. The SMILES string of the molecule is CC1=NC2C(SC([C@H](O)CO)[C@@H](O)[C@@H]2O)C(=O)N1. The van der Waals surface area contributed by atoms with Crippen LogP contribution < -0.4 is 5.32 Å². The van der Waals surface area contributed by atoms with Crippen LogP contribution in [0, 0.1) is 0 Å². The summed E-state index contributed by atoms with van der Waals surface area (Å²) < 4.78 is 0. The van der Waals surface area contributed by atoms with Gasteiger partial charge in [-0.05, 0) is 6.92 Å². The van der Waals surface area contributed by atoms with E-state index in [1.807, 2.05) is 0 Å². The number of nitrogens with zero attached hydrogens (tertiary/aromatic N) is 1. The minimum atomic E-state index is -1.24. The molecular formula is C10H16N2O5S. The molecule has 1 saturated heterocycles. The number of amides is 1. The summed E-state index contributed by atoms with van der Waals surface area (Å²) in [4.78, 5) is 15.9. The Hall–Kier alpha value is -0.670. The van der Waals surface area contributed by atoms with Crippen LogP contribution in [0.2, 0.25) is 0 Å². The zero-order chi connectivity index (χ0) is 13.4. The third kappa shape index (κ3) is 2.26. The molecule has 2 rings (SSSR count). The molecule has 8 heteroatoms. The molecule has 18 heavy (non-hydrogen) atoms. The number of aliphatic hydroxyl groups is 4. The van der Waals surface area contributed by atoms with Crippen molar-refractivity contribution in [1.29, 1.82) is 0 Å². The standard InChI is InChI=1S/C10H16N2O5S/c1-3-11-5-6(15)7(16)8(4(14)2-13)18-9(5)10(17)12-3/h4-9,13-16H,2H2,1H3,(H,11,12,17)/t4-,5?,6-,7+,8?,9?/m1/s1. The fraction of sp³-hybridized carbons (Fsp3) is 0.800. The summed E-state index contributed by atoms with van der Waals surface area (Å²) in [5, 5.41) is 39.5. The Balaban J connectivity index is 2.25. The lowest BCUT2D eigenvalue weighted by atomic mass is 9.95. The molecule has 0 saturated carbocycles. The Kier molecular flexibility index (Phi) is 3.93. The Morgan fingerprint density at radius 1 is 1.44 bits per heavy atom. The van der Waals surface area contributed by atoms with Crippen molar-refractivity contribution < 1.29 is 25.2 Å². The lowest BCUT2D eigenvalue weighted by Gasteiger charge is -2.43. The molecule has 2 aliphatic rings. The van der Waals surface area contributed by atoms with E-state index in [9.17, 15) is 20.1 Å². The smallest absolute Gasteiger partial charge is 0.240 e. The second-order valence-corrected chi connectivity index (χ2v) is 5.77. The highest BCUT2D eigenvalue weighted by Gasteiger charge is 2.50. The van der Waals surface area contributed by atoms with Gasteiger partial charge in [0.25, 0.3) is 0 Å². The Morgan fingerprint density at radius 2 is 2.11 bits per heavy atom. The summed E-state index contributed by atoms with van der Waals surface area (Å²) in [7, 11) is 0. The predicted molar refractivity (Wildman–Crippen MR) is 65.3 cm³/mol. The van der Waals surface area contributed by atoms with Crippen LogP contribution in [0.5, 0.6) is 0 Å². The van der Waals surface area contributed by atoms with Gasteiger partial charge in [-0.1, -0.05) is 0 Å². The van der Waals surface area contributed by atoms with E-state index in [-0.39, 0.29) is 5.91 Å². The number of fused-ring (bicyclic) bond motifs is 1. The molecule has 2 heterocycles. The van der Waals surface area contributed by atoms with Crippen molar-refractivity contribution >= 4 is 23.5 Å². The minimum absolute atomic E-state index is 0.307. The van der Waals surface area contributed by atoms with Crippen LogP contribution in [0.15, 0.2) is 4.99 Å². The molecule has 1 amide bonds. The van der Waals surface area contributed by atoms with Crippen molar-refractivity contribution in [3.63, 3.8) is 0 Å². The molecule has 0 radical (unpaired) electrons. The molecule has 0 bridgehead atoms. The number of hydrogen-bond acceptors (Lipinski definition) is 7. The van der Waals surface area contributed by atoms with Gasteiger partial charge in [0.05, 0.1) is 24.1 Å². The van der Waals surface area contributed by atoms with Gasteiger partial charge in [-0.15, -0.1) is 11.8 Å². The van der Waals surface area contributed by atoms with Crippen LogP contribution in [-0.4, -0.2) is 73.6 Å². The summed E-state index contributed by atoms with van der Waals surface area (Å²) >= 11 is 1.03. The van der Waals surface area contributed by atoms with Crippen molar-refractivity contribution in [3.05, 3.63) is 0 Å². The normalized spacial score (nSPS) is 41.7. The van der Waals surface area contributed by atoms with Crippen LogP contribution in [0.3, 0.4) is 0 Å². The lowest BCUT2D eigenvalue weighted by molar-refractivity contribution is -0.121. The molecule has 7 nitrogen and oxygen atoms in total. The second kappa shape index (κ2) is 5.14. The van der Waals surface area contributed by atoms with Crippen LogP contribution in [0.4, 0.5) is 0 Å². The van der Waals surface area contributed by atoms with Crippen LogP contribution in [-0.2, 0) is 4.79 Å². The van der Waals surface area contributed by atoms with Gasteiger partial charge in [-0.25, -0.2) is 0 Å². The van der Waals surface area contributed by atoms with E-state index < -0.39 is 41.5 Å². The molecule has 102 valence electrons. The predicted octanol–water partition coefficient (Wildman–Crippen LogP) is -2.54. The zero-order valence-electron chi connectivity index (χ0n) is 9.72. The number of thioether (sulfide) groups is 1. The Bertz CT molecular complexity index is 377. The minimum Gasteiger partial charge on any atom is -0.394 e. The van der Waals surface area contributed by atoms with Gasteiger partial charge in [-0.3, -0.25) is 9.79 Å². The van der Waals surface area contributed by atoms with E-state index in [4.69, 9.17) is 5.11 Å². The number of carbonyl (C=O) groups is 1. The highest BCUT2D eigenvalue weighted by atomic mass is 32.2. The zero-order valence-corrected chi connectivity index (χ0v) is 10.5. The molecule has 0 aromatic rings. The molecule has 3 unspecified atom stereocenters. The van der Waals surface area contributed by atoms with Crippen molar-refractivity contribution in [2.24, 2.45) is 4.99 Å². The maximum atomic E-state index is 11.8. The lowest BCUT2D eigenvalue weighted by Crippen LogP contribution is -2.62. The molecule has 1 fully saturated rings. The molecule has 2 aliphatic heterocycles. The summed E-state index contributed by atoms with van der Waals surface area (Å²) in [6, 6.07) is -0.721. The average molecular weight is 276 g/mol. The van der Waals surface area contributed by atoms with Gasteiger partial charge in [0.15, 0.2) is 0 Å². The topological polar surface area (TPSA) is 122 Å². The van der Waals surface area contributed by atoms with E-state index in [0.29, 0.717) is 5.84 Å². The first kappa shape index (κ1) is 13.8. The molecule has 6 atom stereocenters. The van der Waals surface area contributed by atoms with Crippen molar-refractivity contribution in [3.8, 4) is 0 Å². The monoisotopic (exact) mass is 276 g/mol. The van der Waals surface area contributed by atoms with Crippen LogP contribution >= 0.6 is 11.8 Å². The number of hydrogen-bond donors (Lipinski definition) is 5. The summed E-state index contributed by atoms with van der Waals surface area (Å²) in [5.74, 6) is 0.0906. The summed E-state index contributed by atoms with van der Waals surface area (Å²) in [6.07, 6.45) is -3.66. The van der Waals surface area contributed by atoms with Crippen molar-refractivity contribution in [2.45, 2.75) is 41.8 Å². The number of nitrogens with one attached hydrogen (secondary N) is 1. The molecular weight excluding hydrogens is 260 g/mol. The average Bonchev–Trinajstić information content (AvgIpc) is 2.33. The number of carbonyl (C=O) groups excluding carboxylic acids is 1. The number of rotatable bonds is 2. The third-order valence-corrected chi connectivity index (χ3v) is 4.82. The first-order valence-electron chi connectivity index (χ1n) is 5.61. The van der Waals surface area contributed by atoms with Gasteiger partial charge < -0.3 is 25.7 Å². The number of aliphatic imine (C=N–C) groups is 1. The molecule has 5 N–H and O–H groups in total. The van der Waals surface area contributed by atoms with Gasteiger partial charge in [0.1, 0.15) is 23.2 Å². The van der Waals surface area contributed by atoms with E-state index in [0.717, 1.165) is 11.8 Å². The second-order valence-electron chi connectivity index (χ2n) is 4.45. The van der Waals surface area contributed by atoms with Gasteiger partial charge in [0, 0.05) is 0 Å². The molecule has 0 spiro atoms. The van der Waals surface area contributed by atoms with Crippen LogP contribution in [0.1, 0.15) is 6.92 Å². The van der Waals surface area contributed by atoms with Crippen molar-refractivity contribution in [1.82, 2.24) is 5.32 Å². The third-order valence-electron chi connectivity index (χ3n) is 3.12. The van der Waals surface area contributed by atoms with E-state index in [1.54, 1.807) is 6.92 Å². The highest BCUT2D eigenvalue weighted by molar-refractivity contribution is 8.01.